The molecule has 0 aliphatic carbocycles. The Kier molecular flexibility index (Phi) is 5.49. The van der Waals surface area contributed by atoms with Gasteiger partial charge < -0.3 is 19.5 Å². The first-order valence-corrected chi connectivity index (χ1v) is 9.18. The normalized spacial score (nSPS) is 16.3. The molecule has 12 heteroatoms. The van der Waals surface area contributed by atoms with E-state index in [0.717, 1.165) is 6.33 Å². The van der Waals surface area contributed by atoms with Crippen LogP contribution in [0.15, 0.2) is 36.7 Å². The van der Waals surface area contributed by atoms with E-state index in [9.17, 15) is 26.3 Å². The number of fused-ring (bicyclic) bond motifs is 2. The molecular formula is C20H15F6N3O3. The van der Waals surface area contributed by atoms with Crippen LogP contribution in [0.3, 0.4) is 0 Å². The summed E-state index contributed by atoms with van der Waals surface area (Å²) in [5.74, 6) is 0.722. The van der Waals surface area contributed by atoms with Gasteiger partial charge in [-0.25, -0.2) is 9.97 Å². The van der Waals surface area contributed by atoms with E-state index in [2.05, 4.69) is 15.3 Å². The Morgan fingerprint density at radius 1 is 0.969 bits per heavy atom. The van der Waals surface area contributed by atoms with E-state index in [1.54, 1.807) is 6.07 Å². The molecule has 0 amide bonds. The second-order valence-corrected chi connectivity index (χ2v) is 6.96. The minimum atomic E-state index is -4.97. The zero-order chi connectivity index (χ0) is 23.1. The number of hydrogen-bond donors (Lipinski definition) is 1. The summed E-state index contributed by atoms with van der Waals surface area (Å²) in [5, 5.41) is 2.86. The third kappa shape index (κ3) is 4.49. The van der Waals surface area contributed by atoms with Crippen molar-refractivity contribution in [2.75, 3.05) is 25.6 Å². The van der Waals surface area contributed by atoms with Crippen molar-refractivity contribution in [3.05, 3.63) is 47.8 Å². The quantitative estimate of drug-likeness (QED) is 0.542. The van der Waals surface area contributed by atoms with E-state index >= 15 is 0 Å². The third-order valence-electron chi connectivity index (χ3n) is 4.62. The fourth-order valence-corrected chi connectivity index (χ4v) is 3.20. The molecule has 1 unspecified atom stereocenters. The van der Waals surface area contributed by atoms with Crippen LogP contribution in [0.4, 0.5) is 37.8 Å². The number of benzene rings is 2. The smallest absolute Gasteiger partial charge is 0.416 e. The van der Waals surface area contributed by atoms with Crippen LogP contribution in [0.25, 0.3) is 10.9 Å². The van der Waals surface area contributed by atoms with Gasteiger partial charge in [-0.15, -0.1) is 0 Å². The molecular weight excluding hydrogens is 444 g/mol. The molecule has 2 heterocycles. The molecule has 2 aromatic carbocycles. The van der Waals surface area contributed by atoms with E-state index < -0.39 is 29.2 Å². The lowest BCUT2D eigenvalue weighted by atomic mass is 10.1. The molecule has 32 heavy (non-hydrogen) atoms. The van der Waals surface area contributed by atoms with Gasteiger partial charge in [-0.3, -0.25) is 0 Å². The fourth-order valence-electron chi connectivity index (χ4n) is 3.20. The van der Waals surface area contributed by atoms with Crippen LogP contribution in [0.2, 0.25) is 0 Å². The molecule has 0 bridgehead atoms. The first-order chi connectivity index (χ1) is 15.0. The zero-order valence-corrected chi connectivity index (χ0v) is 16.3. The van der Waals surface area contributed by atoms with Gasteiger partial charge in [0, 0.05) is 24.2 Å². The van der Waals surface area contributed by atoms with Crippen molar-refractivity contribution in [3.8, 4) is 11.5 Å². The monoisotopic (exact) mass is 459 g/mol. The third-order valence-corrected chi connectivity index (χ3v) is 4.62. The number of methoxy groups -OCH3 is 1. The summed E-state index contributed by atoms with van der Waals surface area (Å²) in [4.78, 5) is 8.07. The van der Waals surface area contributed by atoms with Crippen molar-refractivity contribution in [1.29, 1.82) is 0 Å². The number of anilines is 2. The van der Waals surface area contributed by atoms with E-state index in [-0.39, 0.29) is 31.2 Å². The van der Waals surface area contributed by atoms with Crippen LogP contribution in [-0.4, -0.2) is 36.4 Å². The Balaban J connectivity index is 1.76. The summed E-state index contributed by atoms with van der Waals surface area (Å²) < 4.78 is 95.4. The number of nitrogens with one attached hydrogen (secondary N) is 1. The van der Waals surface area contributed by atoms with E-state index in [1.165, 1.54) is 13.2 Å². The highest BCUT2D eigenvalue weighted by Crippen LogP contribution is 2.40. The predicted molar refractivity (Wildman–Crippen MR) is 101 cm³/mol. The topological polar surface area (TPSA) is 65.5 Å². The van der Waals surface area contributed by atoms with Crippen LogP contribution in [0.1, 0.15) is 11.1 Å². The van der Waals surface area contributed by atoms with E-state index in [0.29, 0.717) is 34.5 Å². The van der Waals surface area contributed by atoms with Gasteiger partial charge in [-0.05, 0) is 24.3 Å². The van der Waals surface area contributed by atoms with Gasteiger partial charge in [0.15, 0.2) is 17.6 Å². The summed E-state index contributed by atoms with van der Waals surface area (Å²) in [6.07, 6.45) is -9.19. The van der Waals surface area contributed by atoms with Crippen molar-refractivity contribution in [1.82, 2.24) is 9.97 Å². The zero-order valence-electron chi connectivity index (χ0n) is 16.3. The number of nitrogens with zero attached hydrogens (tertiary/aromatic N) is 2. The van der Waals surface area contributed by atoms with Crippen LogP contribution < -0.4 is 14.8 Å². The Morgan fingerprint density at radius 3 is 2.28 bits per heavy atom. The van der Waals surface area contributed by atoms with Gasteiger partial charge in [0.25, 0.3) is 0 Å². The fraction of sp³-hybridized carbons (Fsp3) is 0.300. The maximum absolute atomic E-state index is 13.2. The van der Waals surface area contributed by atoms with Gasteiger partial charge in [0.2, 0.25) is 0 Å². The lowest BCUT2D eigenvalue weighted by molar-refractivity contribution is -0.143. The number of halogens is 6. The summed E-state index contributed by atoms with van der Waals surface area (Å²) >= 11 is 0. The predicted octanol–water partition coefficient (Wildman–Crippen LogP) is 5.20. The average Bonchev–Trinajstić information content (AvgIpc) is 2.71. The summed E-state index contributed by atoms with van der Waals surface area (Å²) in [6, 6.07) is 4.27. The van der Waals surface area contributed by atoms with Gasteiger partial charge >= 0.3 is 12.4 Å². The molecule has 0 saturated carbocycles. The molecule has 3 aromatic rings. The van der Waals surface area contributed by atoms with Gasteiger partial charge in [0.1, 0.15) is 18.8 Å². The number of ether oxygens (including phenoxy) is 3. The highest BCUT2D eigenvalue weighted by Gasteiger charge is 2.37. The van der Waals surface area contributed by atoms with Crippen molar-refractivity contribution < 1.29 is 40.6 Å². The molecule has 0 spiro atoms. The molecule has 170 valence electrons. The van der Waals surface area contributed by atoms with Crippen LogP contribution in [0.5, 0.6) is 11.5 Å². The SMILES string of the molecule is COCC1COc2cc3ncnc(Nc4cc(C(F)(F)F)cc(C(F)(F)F)c4)c3cc2O1. The molecule has 0 radical (unpaired) electrons. The number of hydrogen-bond acceptors (Lipinski definition) is 6. The maximum Gasteiger partial charge on any atom is 0.416 e. The Hall–Kier alpha value is -3.28. The highest BCUT2D eigenvalue weighted by molar-refractivity contribution is 5.93. The van der Waals surface area contributed by atoms with Crippen molar-refractivity contribution in [2.24, 2.45) is 0 Å². The molecule has 0 saturated heterocycles. The lowest BCUT2D eigenvalue weighted by Gasteiger charge is -2.26. The van der Waals surface area contributed by atoms with Gasteiger partial charge in [0.05, 0.1) is 23.3 Å². The van der Waals surface area contributed by atoms with Crippen molar-refractivity contribution in [3.63, 3.8) is 0 Å². The standard InChI is InChI=1S/C20H15F6N3O3/c1-30-7-13-8-31-16-6-15-14(5-17(16)32-13)18(28-9-27-15)29-12-3-10(19(21,22)23)2-11(4-12)20(24,25)26/h2-6,9,13H,7-8H2,1H3,(H,27,28,29). The number of alkyl halides is 6. The minimum Gasteiger partial charge on any atom is -0.486 e. The Labute approximate surface area is 177 Å². The van der Waals surface area contributed by atoms with Gasteiger partial charge in [-0.2, -0.15) is 26.3 Å². The first-order valence-electron chi connectivity index (χ1n) is 9.18. The molecule has 1 atom stereocenters. The Bertz CT molecular complexity index is 1120. The largest absolute Gasteiger partial charge is 0.486 e. The summed E-state index contributed by atoms with van der Waals surface area (Å²) in [7, 11) is 1.50. The van der Waals surface area contributed by atoms with Crippen molar-refractivity contribution in [2.45, 2.75) is 18.5 Å². The molecule has 1 aliphatic heterocycles. The molecule has 0 fully saturated rings. The molecule has 6 nitrogen and oxygen atoms in total. The van der Waals surface area contributed by atoms with Crippen LogP contribution >= 0.6 is 0 Å². The highest BCUT2D eigenvalue weighted by atomic mass is 19.4. The molecule has 4 rings (SSSR count). The van der Waals surface area contributed by atoms with Crippen LogP contribution in [0, 0.1) is 0 Å². The number of aromatic nitrogens is 2. The lowest BCUT2D eigenvalue weighted by Crippen LogP contribution is -2.32. The second kappa shape index (κ2) is 8.01. The van der Waals surface area contributed by atoms with Crippen LogP contribution in [-0.2, 0) is 17.1 Å². The molecule has 1 aromatic heterocycles. The van der Waals surface area contributed by atoms with E-state index in [1.807, 2.05) is 0 Å². The molecule has 1 aliphatic rings. The minimum absolute atomic E-state index is 0.00251. The Morgan fingerprint density at radius 2 is 1.66 bits per heavy atom. The van der Waals surface area contributed by atoms with Gasteiger partial charge in [-0.1, -0.05) is 0 Å². The maximum atomic E-state index is 13.2. The first kappa shape index (κ1) is 21.9. The molecule has 1 N–H and O–H groups in total. The van der Waals surface area contributed by atoms with Crippen molar-refractivity contribution >= 4 is 22.4 Å². The number of rotatable bonds is 4. The van der Waals surface area contributed by atoms with E-state index in [4.69, 9.17) is 14.2 Å². The second-order valence-electron chi connectivity index (χ2n) is 6.96. The average molecular weight is 459 g/mol. The summed E-state index contributed by atoms with van der Waals surface area (Å²) in [5.41, 5.74) is -2.95. The summed E-state index contributed by atoms with van der Waals surface area (Å²) in [6.45, 7) is 0.505.